The van der Waals surface area contributed by atoms with E-state index in [-0.39, 0.29) is 6.61 Å². The zero-order valence-electron chi connectivity index (χ0n) is 10.8. The third-order valence-corrected chi connectivity index (χ3v) is 3.75. The summed E-state index contributed by atoms with van der Waals surface area (Å²) in [6, 6.07) is 9.68. The Morgan fingerprint density at radius 2 is 1.82 bits per heavy atom. The van der Waals surface area contributed by atoms with Crippen molar-refractivity contribution >= 4 is 0 Å². The van der Waals surface area contributed by atoms with E-state index >= 15 is 0 Å². The highest BCUT2D eigenvalue weighted by molar-refractivity contribution is 5.33. The van der Waals surface area contributed by atoms with Crippen molar-refractivity contribution in [1.29, 1.82) is 0 Å². The van der Waals surface area contributed by atoms with Crippen LogP contribution in [0.2, 0.25) is 0 Å². The Morgan fingerprint density at radius 1 is 1.24 bits per heavy atom. The third kappa shape index (κ3) is 3.08. The molecule has 0 amide bonds. The van der Waals surface area contributed by atoms with Gasteiger partial charge in [0.1, 0.15) is 0 Å². The number of aliphatic hydroxyl groups is 1. The molecule has 17 heavy (non-hydrogen) atoms. The molecular formula is C15H23NO. The van der Waals surface area contributed by atoms with Gasteiger partial charge >= 0.3 is 0 Å². The molecule has 2 heteroatoms. The molecule has 0 spiro atoms. The number of fused-ring (bicyclic) bond motifs is 1. The van der Waals surface area contributed by atoms with Gasteiger partial charge in [-0.15, -0.1) is 0 Å². The van der Waals surface area contributed by atoms with Gasteiger partial charge in [-0.3, -0.25) is 0 Å². The molecule has 1 aromatic carbocycles. The fraction of sp³-hybridized carbons (Fsp3) is 0.600. The average Bonchev–Trinajstić information content (AvgIpc) is 2.70. The predicted octanol–water partition coefficient (Wildman–Crippen LogP) is 2.15. The molecule has 1 aromatic rings. The van der Waals surface area contributed by atoms with Crippen molar-refractivity contribution in [1.82, 2.24) is 5.32 Å². The Kier molecular flexibility index (Phi) is 4.19. The van der Waals surface area contributed by atoms with Crippen LogP contribution in [-0.2, 0) is 12.8 Å². The lowest BCUT2D eigenvalue weighted by Crippen LogP contribution is -2.42. The molecule has 1 aliphatic rings. The summed E-state index contributed by atoms with van der Waals surface area (Å²) in [5.41, 5.74) is 2.97. The molecule has 0 saturated carbocycles. The minimum atomic E-state index is 0.273. The summed E-state index contributed by atoms with van der Waals surface area (Å²) in [7, 11) is 0. The molecule has 0 radical (unpaired) electrons. The number of aliphatic hydroxyl groups excluding tert-OH is 1. The second-order valence-corrected chi connectivity index (χ2v) is 5.40. The molecule has 0 bridgehead atoms. The summed E-state index contributed by atoms with van der Waals surface area (Å²) in [6.45, 7) is 4.71. The Balaban J connectivity index is 1.94. The zero-order chi connectivity index (χ0) is 12.3. The maximum Gasteiger partial charge on any atom is 0.0445 e. The minimum absolute atomic E-state index is 0.273. The maximum absolute atomic E-state index is 9.09. The van der Waals surface area contributed by atoms with E-state index < -0.39 is 0 Å². The van der Waals surface area contributed by atoms with Crippen LogP contribution < -0.4 is 5.32 Å². The van der Waals surface area contributed by atoms with Crippen molar-refractivity contribution in [2.75, 3.05) is 6.61 Å². The normalized spacial score (nSPS) is 17.4. The van der Waals surface area contributed by atoms with E-state index in [9.17, 15) is 0 Å². The largest absolute Gasteiger partial charge is 0.396 e. The van der Waals surface area contributed by atoms with E-state index in [0.717, 1.165) is 19.3 Å². The van der Waals surface area contributed by atoms with Gasteiger partial charge in [0.25, 0.3) is 0 Å². The summed E-state index contributed by atoms with van der Waals surface area (Å²) >= 11 is 0. The molecule has 0 aromatic heterocycles. The van der Waals surface area contributed by atoms with Crippen LogP contribution in [0.1, 0.15) is 31.4 Å². The van der Waals surface area contributed by atoms with Crippen molar-refractivity contribution in [3.8, 4) is 0 Å². The van der Waals surface area contributed by atoms with Crippen molar-refractivity contribution in [3.63, 3.8) is 0 Å². The van der Waals surface area contributed by atoms with Gasteiger partial charge in [-0.25, -0.2) is 0 Å². The topological polar surface area (TPSA) is 32.3 Å². The molecule has 2 nitrogen and oxygen atoms in total. The lowest BCUT2D eigenvalue weighted by Gasteiger charge is -2.25. The summed E-state index contributed by atoms with van der Waals surface area (Å²) in [6.07, 6.45) is 3.11. The first kappa shape index (κ1) is 12.6. The van der Waals surface area contributed by atoms with Gasteiger partial charge < -0.3 is 10.4 Å². The highest BCUT2D eigenvalue weighted by Gasteiger charge is 2.24. The van der Waals surface area contributed by atoms with Gasteiger partial charge in [0, 0.05) is 18.7 Å². The number of benzene rings is 1. The van der Waals surface area contributed by atoms with Gasteiger partial charge in [-0.1, -0.05) is 38.1 Å². The highest BCUT2D eigenvalue weighted by Crippen LogP contribution is 2.22. The second kappa shape index (κ2) is 5.65. The SMILES string of the molecule is CC(C)C(CCO)NC1Cc2ccccc2C1. The van der Waals surface area contributed by atoms with E-state index in [2.05, 4.69) is 43.4 Å². The first-order chi connectivity index (χ1) is 8.20. The van der Waals surface area contributed by atoms with Crippen LogP contribution in [0.15, 0.2) is 24.3 Å². The van der Waals surface area contributed by atoms with Crippen LogP contribution in [0.4, 0.5) is 0 Å². The highest BCUT2D eigenvalue weighted by atomic mass is 16.3. The smallest absolute Gasteiger partial charge is 0.0445 e. The van der Waals surface area contributed by atoms with Crippen molar-refractivity contribution in [2.24, 2.45) is 5.92 Å². The molecule has 0 saturated heterocycles. The first-order valence-electron chi connectivity index (χ1n) is 6.64. The lowest BCUT2D eigenvalue weighted by atomic mass is 9.99. The zero-order valence-corrected chi connectivity index (χ0v) is 10.8. The van der Waals surface area contributed by atoms with Crippen molar-refractivity contribution in [3.05, 3.63) is 35.4 Å². The van der Waals surface area contributed by atoms with Gasteiger partial charge in [-0.2, -0.15) is 0 Å². The Hall–Kier alpha value is -0.860. The Labute approximate surface area is 104 Å². The standard InChI is InChI=1S/C15H23NO/c1-11(2)15(7-8-17)16-14-9-12-5-3-4-6-13(12)10-14/h3-6,11,14-17H,7-10H2,1-2H3. The van der Waals surface area contributed by atoms with Crippen molar-refractivity contribution in [2.45, 2.75) is 45.2 Å². The van der Waals surface area contributed by atoms with Crippen LogP contribution in [0.3, 0.4) is 0 Å². The molecule has 0 fully saturated rings. The fourth-order valence-electron chi connectivity index (χ4n) is 2.73. The molecule has 1 aliphatic carbocycles. The monoisotopic (exact) mass is 233 g/mol. The van der Waals surface area contributed by atoms with E-state index in [0.29, 0.717) is 18.0 Å². The van der Waals surface area contributed by atoms with E-state index in [1.165, 1.54) is 11.1 Å². The fourth-order valence-corrected chi connectivity index (χ4v) is 2.73. The van der Waals surface area contributed by atoms with Crippen LogP contribution in [-0.4, -0.2) is 23.8 Å². The molecule has 0 heterocycles. The molecule has 0 aliphatic heterocycles. The van der Waals surface area contributed by atoms with Crippen molar-refractivity contribution < 1.29 is 5.11 Å². The van der Waals surface area contributed by atoms with E-state index in [1.54, 1.807) is 0 Å². The molecule has 1 atom stereocenters. The van der Waals surface area contributed by atoms with Crippen LogP contribution in [0.5, 0.6) is 0 Å². The molecule has 1 unspecified atom stereocenters. The van der Waals surface area contributed by atoms with Crippen LogP contribution in [0.25, 0.3) is 0 Å². The first-order valence-corrected chi connectivity index (χ1v) is 6.64. The van der Waals surface area contributed by atoms with Gasteiger partial charge in [0.15, 0.2) is 0 Å². The molecule has 2 N–H and O–H groups in total. The quantitative estimate of drug-likeness (QED) is 0.817. The maximum atomic E-state index is 9.09. The van der Waals surface area contributed by atoms with Crippen LogP contribution in [0, 0.1) is 5.92 Å². The number of rotatable bonds is 5. The number of hydrogen-bond donors (Lipinski definition) is 2. The average molecular weight is 233 g/mol. The lowest BCUT2D eigenvalue weighted by molar-refractivity contribution is 0.235. The van der Waals surface area contributed by atoms with Gasteiger partial charge in [0.2, 0.25) is 0 Å². The number of nitrogens with one attached hydrogen (secondary N) is 1. The third-order valence-electron chi connectivity index (χ3n) is 3.75. The van der Waals surface area contributed by atoms with Gasteiger partial charge in [-0.05, 0) is 36.3 Å². The molecular weight excluding hydrogens is 210 g/mol. The van der Waals surface area contributed by atoms with E-state index in [1.807, 2.05) is 0 Å². The summed E-state index contributed by atoms with van der Waals surface area (Å²) in [4.78, 5) is 0. The summed E-state index contributed by atoms with van der Waals surface area (Å²) < 4.78 is 0. The Morgan fingerprint density at radius 3 is 2.29 bits per heavy atom. The van der Waals surface area contributed by atoms with Crippen LogP contribution >= 0.6 is 0 Å². The minimum Gasteiger partial charge on any atom is -0.396 e. The Bertz CT molecular complexity index is 337. The van der Waals surface area contributed by atoms with E-state index in [4.69, 9.17) is 5.11 Å². The molecule has 94 valence electrons. The number of hydrogen-bond acceptors (Lipinski definition) is 2. The predicted molar refractivity (Wildman–Crippen MR) is 71.1 cm³/mol. The van der Waals surface area contributed by atoms with Gasteiger partial charge in [0.05, 0.1) is 0 Å². The second-order valence-electron chi connectivity index (χ2n) is 5.40. The molecule has 2 rings (SSSR count). The summed E-state index contributed by atoms with van der Waals surface area (Å²) in [5.74, 6) is 0.575. The summed E-state index contributed by atoms with van der Waals surface area (Å²) in [5, 5.41) is 12.8.